The second-order valence-corrected chi connectivity index (χ2v) is 18.3. The fraction of sp³-hybridized carbons (Fsp3) is 0.316. The zero-order valence-corrected chi connectivity index (χ0v) is 18.3. The van der Waals surface area contributed by atoms with Gasteiger partial charge in [0.2, 0.25) is 0 Å². The van der Waals surface area contributed by atoms with Crippen LogP contribution in [0.15, 0.2) is 54.6 Å². The Bertz CT molecular complexity index is 691. The molecule has 0 aromatic heterocycles. The highest BCUT2D eigenvalue weighted by Gasteiger charge is 2.34. The maximum atomic E-state index is 5.84. The highest BCUT2D eigenvalue weighted by molar-refractivity contribution is 7.80. The zero-order valence-electron chi connectivity index (χ0n) is 15.5. The van der Waals surface area contributed by atoms with E-state index in [1.54, 1.807) is 0 Å². The minimum Gasteiger partial charge on any atom is -0.445 e. The van der Waals surface area contributed by atoms with Crippen LogP contribution in [-0.2, 0) is 0 Å². The van der Waals surface area contributed by atoms with E-state index in [9.17, 15) is 0 Å². The molecule has 0 fully saturated rings. The van der Waals surface area contributed by atoms with Crippen molar-refractivity contribution in [1.29, 1.82) is 0 Å². The first-order chi connectivity index (χ1) is 11.1. The number of benzene rings is 2. The molecule has 0 N–H and O–H groups in total. The van der Waals surface area contributed by atoms with Gasteiger partial charge in [-0.25, -0.2) is 0 Å². The monoisotopic (exact) mass is 373 g/mol. The van der Waals surface area contributed by atoms with Gasteiger partial charge in [-0.1, -0.05) is 69.6 Å². The summed E-state index contributed by atoms with van der Waals surface area (Å²) in [6.07, 6.45) is 0. The van der Waals surface area contributed by atoms with Crippen LogP contribution >= 0.6 is 12.2 Å². The van der Waals surface area contributed by atoms with Crippen molar-refractivity contribution in [2.75, 3.05) is 4.23 Å². The summed E-state index contributed by atoms with van der Waals surface area (Å²) in [6, 6.07) is 18.2. The molecule has 2 nitrogen and oxygen atoms in total. The normalized spacial score (nSPS) is 11.9. The van der Waals surface area contributed by atoms with Gasteiger partial charge in [-0.05, 0) is 36.5 Å². The molecular formula is C19H27NOSSi2. The molecule has 0 saturated carbocycles. The van der Waals surface area contributed by atoms with Gasteiger partial charge in [0, 0.05) is 11.3 Å². The quantitative estimate of drug-likeness (QED) is 0.477. The van der Waals surface area contributed by atoms with Gasteiger partial charge in [-0.15, -0.1) is 0 Å². The predicted molar refractivity (Wildman–Crippen MR) is 114 cm³/mol. The van der Waals surface area contributed by atoms with Crippen LogP contribution in [0, 0.1) is 0 Å². The molecule has 0 radical (unpaired) electrons. The Morgan fingerprint density at radius 3 is 1.96 bits per heavy atom. The SMILES string of the molecule is C[Si](C)(C)N(c1cccc(C(=S)Oc2ccccc2)c1)[Si](C)(C)C. The summed E-state index contributed by atoms with van der Waals surface area (Å²) in [7, 11) is -2.97. The van der Waals surface area contributed by atoms with Crippen LogP contribution in [0.1, 0.15) is 5.56 Å². The summed E-state index contributed by atoms with van der Waals surface area (Å²) in [5, 5.41) is 0.522. The van der Waals surface area contributed by atoms with Crippen molar-refractivity contribution < 1.29 is 4.74 Å². The summed E-state index contributed by atoms with van der Waals surface area (Å²) >= 11 is 5.52. The highest BCUT2D eigenvalue weighted by Crippen LogP contribution is 2.29. The van der Waals surface area contributed by atoms with Crippen molar-refractivity contribution in [2.24, 2.45) is 0 Å². The van der Waals surface area contributed by atoms with E-state index in [1.807, 2.05) is 36.4 Å². The second kappa shape index (κ2) is 7.21. The van der Waals surface area contributed by atoms with Gasteiger partial charge in [-0.2, -0.15) is 0 Å². The van der Waals surface area contributed by atoms with Crippen LogP contribution < -0.4 is 8.97 Å². The average molecular weight is 374 g/mol. The van der Waals surface area contributed by atoms with Crippen LogP contribution in [-0.4, -0.2) is 21.5 Å². The van der Waals surface area contributed by atoms with Gasteiger partial charge in [0.1, 0.15) is 22.2 Å². The lowest BCUT2D eigenvalue weighted by Crippen LogP contribution is -2.59. The summed E-state index contributed by atoms with van der Waals surface area (Å²) in [5.74, 6) is 0.778. The Kier molecular flexibility index (Phi) is 5.68. The number of hydrogen-bond donors (Lipinski definition) is 0. The van der Waals surface area contributed by atoms with Crippen LogP contribution in [0.4, 0.5) is 5.69 Å². The smallest absolute Gasteiger partial charge is 0.198 e. The lowest BCUT2D eigenvalue weighted by molar-refractivity contribution is 0.566. The molecule has 0 aliphatic rings. The fourth-order valence-electron chi connectivity index (χ4n) is 3.21. The van der Waals surface area contributed by atoms with Crippen LogP contribution in [0.2, 0.25) is 39.3 Å². The molecule has 2 aromatic carbocycles. The fourth-order valence-corrected chi connectivity index (χ4v) is 13.3. The van der Waals surface area contributed by atoms with Gasteiger partial charge >= 0.3 is 0 Å². The molecule has 0 amide bonds. The van der Waals surface area contributed by atoms with Crippen molar-refractivity contribution in [2.45, 2.75) is 39.3 Å². The van der Waals surface area contributed by atoms with Gasteiger partial charge in [0.05, 0.1) is 0 Å². The van der Waals surface area contributed by atoms with Gasteiger partial charge in [0.15, 0.2) is 5.05 Å². The average Bonchev–Trinajstić information content (AvgIpc) is 2.45. The van der Waals surface area contributed by atoms with E-state index in [0.29, 0.717) is 5.05 Å². The largest absolute Gasteiger partial charge is 0.445 e. The van der Waals surface area contributed by atoms with Crippen LogP contribution in [0.25, 0.3) is 0 Å². The number of nitrogens with zero attached hydrogens (tertiary/aromatic N) is 1. The van der Waals surface area contributed by atoms with E-state index < -0.39 is 16.5 Å². The zero-order chi connectivity index (χ0) is 18.0. The van der Waals surface area contributed by atoms with E-state index in [1.165, 1.54) is 5.69 Å². The minimum absolute atomic E-state index is 0.522. The molecule has 0 unspecified atom stereocenters. The number of hydrogen-bond acceptors (Lipinski definition) is 3. The maximum absolute atomic E-state index is 5.84. The van der Waals surface area contributed by atoms with E-state index in [-0.39, 0.29) is 0 Å². The second-order valence-electron chi connectivity index (χ2n) is 7.93. The summed E-state index contributed by atoms with van der Waals surface area (Å²) in [5.41, 5.74) is 2.23. The van der Waals surface area contributed by atoms with Crippen molar-refractivity contribution in [3.63, 3.8) is 0 Å². The lowest BCUT2D eigenvalue weighted by atomic mass is 10.2. The topological polar surface area (TPSA) is 12.5 Å². The Morgan fingerprint density at radius 2 is 1.42 bits per heavy atom. The molecule has 24 heavy (non-hydrogen) atoms. The van der Waals surface area contributed by atoms with Crippen LogP contribution in [0.5, 0.6) is 5.75 Å². The lowest BCUT2D eigenvalue weighted by Gasteiger charge is -2.46. The molecular weight excluding hydrogens is 346 g/mol. The third kappa shape index (κ3) is 4.78. The van der Waals surface area contributed by atoms with Gasteiger partial charge in [0.25, 0.3) is 0 Å². The maximum Gasteiger partial charge on any atom is 0.198 e. The third-order valence-corrected chi connectivity index (χ3v) is 11.2. The number of anilines is 1. The van der Waals surface area contributed by atoms with E-state index in [0.717, 1.165) is 11.3 Å². The number of ether oxygens (including phenoxy) is 1. The third-order valence-electron chi connectivity index (χ3n) is 3.64. The molecule has 0 spiro atoms. The Morgan fingerprint density at radius 1 is 0.833 bits per heavy atom. The van der Waals surface area contributed by atoms with Crippen molar-refractivity contribution >= 4 is 39.4 Å². The summed E-state index contributed by atoms with van der Waals surface area (Å²) < 4.78 is 8.53. The van der Waals surface area contributed by atoms with Crippen molar-refractivity contribution in [1.82, 2.24) is 0 Å². The van der Waals surface area contributed by atoms with Crippen LogP contribution in [0.3, 0.4) is 0 Å². The first kappa shape index (κ1) is 18.9. The van der Waals surface area contributed by atoms with E-state index in [4.69, 9.17) is 17.0 Å². The first-order valence-electron chi connectivity index (χ1n) is 8.27. The summed E-state index contributed by atoms with van der Waals surface area (Å²) in [6.45, 7) is 14.4. The van der Waals surface area contributed by atoms with Gasteiger partial charge in [-0.3, -0.25) is 0 Å². The summed E-state index contributed by atoms with van der Waals surface area (Å²) in [4.78, 5) is 0. The van der Waals surface area contributed by atoms with Crippen molar-refractivity contribution in [3.05, 3.63) is 60.2 Å². The number of thiocarbonyl (C=S) groups is 1. The molecule has 0 heterocycles. The number of para-hydroxylation sites is 1. The Labute approximate surface area is 153 Å². The predicted octanol–water partition coefficient (Wildman–Crippen LogP) is 5.92. The first-order valence-corrected chi connectivity index (χ1v) is 15.6. The minimum atomic E-state index is -1.48. The molecule has 5 heteroatoms. The molecule has 0 aliphatic carbocycles. The standard InChI is InChI=1S/C19H27NOSSi2/c1-23(2,3)20(24(4,5)6)17-12-10-11-16(15-17)19(22)21-18-13-8-7-9-14-18/h7-15H,1-6H3. The molecule has 128 valence electrons. The molecule has 2 rings (SSSR count). The Hall–Kier alpha value is -1.44. The molecule has 0 atom stereocenters. The van der Waals surface area contributed by atoms with Crippen molar-refractivity contribution in [3.8, 4) is 5.75 Å². The molecule has 2 aromatic rings. The Balaban J connectivity index is 2.32. The van der Waals surface area contributed by atoms with E-state index >= 15 is 0 Å². The number of rotatable bonds is 5. The van der Waals surface area contributed by atoms with E-state index in [2.05, 4.69) is 61.7 Å². The van der Waals surface area contributed by atoms with Gasteiger partial charge < -0.3 is 8.97 Å². The highest BCUT2D eigenvalue weighted by atomic mass is 32.1. The molecule has 0 bridgehead atoms. The molecule has 0 aliphatic heterocycles. The molecule has 0 saturated heterocycles.